The van der Waals surface area contributed by atoms with Crippen LogP contribution in [0.15, 0.2) is 42.6 Å². The number of rotatable bonds is 2. The largest absolute Gasteiger partial charge is 0.398 e. The summed E-state index contributed by atoms with van der Waals surface area (Å²) in [6.07, 6.45) is 3.06. The third-order valence-electron chi connectivity index (χ3n) is 5.35. The minimum absolute atomic E-state index is 0.160. The van der Waals surface area contributed by atoms with E-state index in [0.29, 0.717) is 6.42 Å². The van der Waals surface area contributed by atoms with Gasteiger partial charge in [0.05, 0.1) is 6.10 Å². The molecule has 2 aromatic rings. The molecule has 4 rings (SSSR count). The lowest BCUT2D eigenvalue weighted by atomic mass is 9.84. The Morgan fingerprint density at radius 2 is 1.83 bits per heavy atom. The van der Waals surface area contributed by atoms with Gasteiger partial charge in [-0.15, -0.1) is 0 Å². The van der Waals surface area contributed by atoms with Gasteiger partial charge in [0.25, 0.3) is 0 Å². The molecular formula is C19H24N4O. The van der Waals surface area contributed by atoms with Gasteiger partial charge in [0, 0.05) is 50.5 Å². The number of hydrogen-bond donors (Lipinski definition) is 2. The first-order valence-corrected chi connectivity index (χ1v) is 8.67. The molecule has 5 heteroatoms. The summed E-state index contributed by atoms with van der Waals surface area (Å²) in [5.41, 5.74) is 9.44. The quantitative estimate of drug-likeness (QED) is 0.816. The van der Waals surface area contributed by atoms with E-state index in [0.717, 1.165) is 44.1 Å². The fourth-order valence-electron chi connectivity index (χ4n) is 4.00. The Bertz CT molecular complexity index is 698. The summed E-state index contributed by atoms with van der Waals surface area (Å²) in [5.74, 6) is 1.04. The van der Waals surface area contributed by atoms with Crippen LogP contribution in [-0.4, -0.2) is 53.3 Å². The predicted molar refractivity (Wildman–Crippen MR) is 96.1 cm³/mol. The van der Waals surface area contributed by atoms with Crippen molar-refractivity contribution in [2.45, 2.75) is 25.0 Å². The van der Waals surface area contributed by atoms with Gasteiger partial charge in [-0.3, -0.25) is 4.90 Å². The molecule has 1 aliphatic carbocycles. The second-order valence-electron chi connectivity index (χ2n) is 6.74. The van der Waals surface area contributed by atoms with Crippen LogP contribution < -0.4 is 10.6 Å². The summed E-state index contributed by atoms with van der Waals surface area (Å²) in [4.78, 5) is 9.17. The van der Waals surface area contributed by atoms with Gasteiger partial charge >= 0.3 is 0 Å². The second kappa shape index (κ2) is 6.42. The van der Waals surface area contributed by atoms with Crippen LogP contribution in [0.2, 0.25) is 0 Å². The molecule has 2 atom stereocenters. The fourth-order valence-corrected chi connectivity index (χ4v) is 4.00. The van der Waals surface area contributed by atoms with E-state index in [1.165, 1.54) is 11.1 Å². The summed E-state index contributed by atoms with van der Waals surface area (Å²) in [7, 11) is 0. The maximum Gasteiger partial charge on any atom is 0.128 e. The Morgan fingerprint density at radius 3 is 2.58 bits per heavy atom. The topological polar surface area (TPSA) is 65.6 Å². The highest BCUT2D eigenvalue weighted by Gasteiger charge is 2.34. The maximum atomic E-state index is 10.6. The van der Waals surface area contributed by atoms with Crippen molar-refractivity contribution in [3.05, 3.63) is 53.7 Å². The molecule has 2 aliphatic rings. The van der Waals surface area contributed by atoms with Crippen molar-refractivity contribution in [3.63, 3.8) is 0 Å². The van der Waals surface area contributed by atoms with Crippen molar-refractivity contribution in [2.75, 3.05) is 36.8 Å². The summed E-state index contributed by atoms with van der Waals surface area (Å²) in [5, 5.41) is 10.6. The lowest BCUT2D eigenvalue weighted by Crippen LogP contribution is -2.56. The number of aliphatic hydroxyl groups is 1. The van der Waals surface area contributed by atoms with Crippen LogP contribution in [0.3, 0.4) is 0 Å². The number of piperazine rings is 1. The highest BCUT2D eigenvalue weighted by molar-refractivity contribution is 5.52. The van der Waals surface area contributed by atoms with Gasteiger partial charge < -0.3 is 15.7 Å². The Balaban J connectivity index is 1.45. The maximum absolute atomic E-state index is 10.6. The third kappa shape index (κ3) is 2.85. The van der Waals surface area contributed by atoms with Crippen LogP contribution in [0.4, 0.5) is 11.5 Å². The van der Waals surface area contributed by atoms with Crippen LogP contribution in [0.1, 0.15) is 11.1 Å². The van der Waals surface area contributed by atoms with E-state index in [2.05, 4.69) is 26.9 Å². The lowest BCUT2D eigenvalue weighted by Gasteiger charge is -2.43. The first-order valence-electron chi connectivity index (χ1n) is 8.67. The van der Waals surface area contributed by atoms with Gasteiger partial charge in [-0.1, -0.05) is 18.2 Å². The average molecular weight is 324 g/mol. The van der Waals surface area contributed by atoms with E-state index in [9.17, 15) is 5.11 Å². The molecule has 126 valence electrons. The fraction of sp³-hybridized carbons (Fsp3) is 0.421. The highest BCUT2D eigenvalue weighted by atomic mass is 16.3. The third-order valence-corrected chi connectivity index (χ3v) is 5.35. The zero-order chi connectivity index (χ0) is 16.5. The first kappa shape index (κ1) is 15.4. The van der Waals surface area contributed by atoms with Crippen LogP contribution in [0, 0.1) is 0 Å². The van der Waals surface area contributed by atoms with Crippen molar-refractivity contribution in [1.29, 1.82) is 0 Å². The molecule has 0 radical (unpaired) electrons. The van der Waals surface area contributed by atoms with Crippen molar-refractivity contribution in [3.8, 4) is 0 Å². The molecular weight excluding hydrogens is 300 g/mol. The summed E-state index contributed by atoms with van der Waals surface area (Å²) < 4.78 is 0. The zero-order valence-electron chi connectivity index (χ0n) is 13.8. The van der Waals surface area contributed by atoms with E-state index < -0.39 is 0 Å². The zero-order valence-corrected chi connectivity index (χ0v) is 13.8. The Hall–Kier alpha value is -2.11. The second-order valence-corrected chi connectivity index (χ2v) is 6.74. The monoisotopic (exact) mass is 324 g/mol. The summed E-state index contributed by atoms with van der Waals surface area (Å²) in [6, 6.07) is 12.2. The van der Waals surface area contributed by atoms with Gasteiger partial charge in [-0.25, -0.2) is 4.98 Å². The minimum Gasteiger partial charge on any atom is -0.398 e. The molecule has 1 aromatic heterocycles. The number of hydrogen-bond acceptors (Lipinski definition) is 5. The van der Waals surface area contributed by atoms with E-state index in [1.54, 1.807) is 0 Å². The number of nitrogens with zero attached hydrogens (tertiary/aromatic N) is 3. The van der Waals surface area contributed by atoms with Crippen LogP contribution in [0.5, 0.6) is 0 Å². The summed E-state index contributed by atoms with van der Waals surface area (Å²) in [6.45, 7) is 3.77. The Kier molecular flexibility index (Phi) is 4.12. The van der Waals surface area contributed by atoms with Crippen LogP contribution in [-0.2, 0) is 12.8 Å². The Morgan fingerprint density at radius 1 is 1.00 bits per heavy atom. The van der Waals surface area contributed by atoms with E-state index >= 15 is 0 Å². The number of nitrogen functional groups attached to an aromatic ring is 1. The number of pyridine rings is 1. The van der Waals surface area contributed by atoms with Crippen molar-refractivity contribution >= 4 is 11.5 Å². The number of aliphatic hydroxyl groups excluding tert-OH is 1. The van der Waals surface area contributed by atoms with Crippen LogP contribution in [0.25, 0.3) is 0 Å². The SMILES string of the molecule is Nc1cccc2c1C[C@@H](N1CCN(c3ccccn3)CC1)[C@H](O)C2. The summed E-state index contributed by atoms with van der Waals surface area (Å²) >= 11 is 0. The van der Waals surface area contributed by atoms with Gasteiger partial charge in [0.2, 0.25) is 0 Å². The standard InChI is InChI=1S/C19H24N4O/c20-16-5-3-4-14-12-18(24)17(13-15(14)16)22-8-10-23(11-9-22)19-6-1-2-7-21-19/h1-7,17-18,24H,8-13,20H2/t17-,18-/m1/s1. The van der Waals surface area contributed by atoms with Gasteiger partial charge in [-0.05, 0) is 35.7 Å². The molecule has 3 N–H and O–H groups in total. The molecule has 0 unspecified atom stereocenters. The van der Waals surface area contributed by atoms with Crippen LogP contribution >= 0.6 is 0 Å². The highest BCUT2D eigenvalue weighted by Crippen LogP contribution is 2.29. The van der Waals surface area contributed by atoms with Crippen molar-refractivity contribution in [1.82, 2.24) is 9.88 Å². The number of nitrogens with two attached hydrogens (primary N) is 1. The number of aromatic nitrogens is 1. The molecule has 0 spiro atoms. The van der Waals surface area contributed by atoms with Gasteiger partial charge in [-0.2, -0.15) is 0 Å². The molecule has 1 fully saturated rings. The molecule has 24 heavy (non-hydrogen) atoms. The molecule has 0 amide bonds. The van der Waals surface area contributed by atoms with Crippen molar-refractivity contribution < 1.29 is 5.11 Å². The first-order chi connectivity index (χ1) is 11.7. The van der Waals surface area contributed by atoms with Crippen molar-refractivity contribution in [2.24, 2.45) is 0 Å². The Labute approximate surface area is 142 Å². The van der Waals surface area contributed by atoms with Gasteiger partial charge in [0.1, 0.15) is 5.82 Å². The smallest absolute Gasteiger partial charge is 0.128 e. The number of benzene rings is 1. The lowest BCUT2D eigenvalue weighted by molar-refractivity contribution is 0.0396. The van der Waals surface area contributed by atoms with E-state index in [-0.39, 0.29) is 12.1 Å². The number of fused-ring (bicyclic) bond motifs is 1. The number of anilines is 2. The molecule has 1 saturated heterocycles. The molecule has 5 nitrogen and oxygen atoms in total. The molecule has 0 bridgehead atoms. The van der Waals surface area contributed by atoms with E-state index in [4.69, 9.17) is 5.73 Å². The van der Waals surface area contributed by atoms with Gasteiger partial charge in [0.15, 0.2) is 0 Å². The normalized spacial score (nSPS) is 24.6. The predicted octanol–water partition coefficient (Wildman–Crippen LogP) is 1.31. The molecule has 0 saturated carbocycles. The average Bonchev–Trinajstić information content (AvgIpc) is 2.62. The van der Waals surface area contributed by atoms with E-state index in [1.807, 2.05) is 30.5 Å². The molecule has 1 aromatic carbocycles. The minimum atomic E-state index is -0.319. The molecule has 1 aliphatic heterocycles. The molecule has 2 heterocycles.